The molecule has 0 aliphatic heterocycles. The van der Waals surface area contributed by atoms with E-state index in [-0.39, 0.29) is 0 Å². The maximum absolute atomic E-state index is 5.88. The molecule has 0 saturated carbocycles. The van der Waals surface area contributed by atoms with Crippen LogP contribution in [0.4, 0.5) is 5.13 Å². The molecule has 1 aromatic heterocycles. The second-order valence-electron chi connectivity index (χ2n) is 3.86. The number of aryl methyl sites for hydroxylation is 1. The van der Waals surface area contributed by atoms with Gasteiger partial charge in [0.1, 0.15) is 0 Å². The predicted octanol–water partition coefficient (Wildman–Crippen LogP) is 4.59. The van der Waals surface area contributed by atoms with E-state index < -0.39 is 0 Å². The quantitative estimate of drug-likeness (QED) is 0.875. The summed E-state index contributed by atoms with van der Waals surface area (Å²) in [6.45, 7) is 5.21. The zero-order valence-corrected chi connectivity index (χ0v) is 11.5. The Labute approximate surface area is 111 Å². The summed E-state index contributed by atoms with van der Waals surface area (Å²) in [5, 5.41) is 5.07. The van der Waals surface area contributed by atoms with Gasteiger partial charge in [-0.1, -0.05) is 30.7 Å². The summed E-state index contributed by atoms with van der Waals surface area (Å²) in [6.07, 6.45) is 1.11. The summed E-state index contributed by atoms with van der Waals surface area (Å²) >= 11 is 7.58. The van der Waals surface area contributed by atoms with Crippen molar-refractivity contribution in [1.82, 2.24) is 4.98 Å². The van der Waals surface area contributed by atoms with E-state index >= 15 is 0 Å². The van der Waals surface area contributed by atoms with Gasteiger partial charge in [0, 0.05) is 22.0 Å². The van der Waals surface area contributed by atoms with Crippen LogP contribution in [0.25, 0.3) is 11.3 Å². The fourth-order valence-electron chi connectivity index (χ4n) is 1.58. The molecule has 0 saturated heterocycles. The number of rotatable bonds is 4. The van der Waals surface area contributed by atoms with E-state index in [1.165, 1.54) is 4.88 Å². The van der Waals surface area contributed by atoms with Gasteiger partial charge in [0.15, 0.2) is 5.13 Å². The third-order valence-electron chi connectivity index (χ3n) is 2.44. The summed E-state index contributed by atoms with van der Waals surface area (Å²) < 4.78 is 0. The average molecular weight is 267 g/mol. The zero-order chi connectivity index (χ0) is 12.3. The molecule has 1 aromatic carbocycles. The number of aromatic nitrogens is 1. The van der Waals surface area contributed by atoms with Crippen molar-refractivity contribution in [2.75, 3.05) is 11.9 Å². The number of benzene rings is 1. The number of halogens is 1. The van der Waals surface area contributed by atoms with Crippen LogP contribution < -0.4 is 5.32 Å². The number of thiazole rings is 1. The van der Waals surface area contributed by atoms with Crippen LogP contribution in [0, 0.1) is 6.92 Å². The molecular formula is C13H15ClN2S. The fourth-order valence-corrected chi connectivity index (χ4v) is 2.57. The van der Waals surface area contributed by atoms with Gasteiger partial charge in [0.05, 0.1) is 5.69 Å². The van der Waals surface area contributed by atoms with E-state index in [1.54, 1.807) is 11.3 Å². The van der Waals surface area contributed by atoms with Crippen molar-refractivity contribution in [3.8, 4) is 11.3 Å². The van der Waals surface area contributed by atoms with Crippen molar-refractivity contribution in [2.24, 2.45) is 0 Å². The van der Waals surface area contributed by atoms with Crippen LogP contribution in [-0.2, 0) is 0 Å². The molecule has 0 amide bonds. The number of anilines is 1. The Morgan fingerprint density at radius 2 is 2.00 bits per heavy atom. The molecule has 2 nitrogen and oxygen atoms in total. The molecule has 0 aliphatic rings. The topological polar surface area (TPSA) is 24.9 Å². The maximum Gasteiger partial charge on any atom is 0.183 e. The van der Waals surface area contributed by atoms with Crippen molar-refractivity contribution in [3.63, 3.8) is 0 Å². The van der Waals surface area contributed by atoms with Gasteiger partial charge in [-0.3, -0.25) is 0 Å². The first-order valence-electron chi connectivity index (χ1n) is 5.68. The van der Waals surface area contributed by atoms with Gasteiger partial charge < -0.3 is 5.32 Å². The molecule has 90 valence electrons. The highest BCUT2D eigenvalue weighted by Gasteiger charge is 2.09. The van der Waals surface area contributed by atoms with Gasteiger partial charge in [0.2, 0.25) is 0 Å². The Hall–Kier alpha value is -1.06. The van der Waals surface area contributed by atoms with Crippen molar-refractivity contribution < 1.29 is 0 Å². The summed E-state index contributed by atoms with van der Waals surface area (Å²) in [5.74, 6) is 0. The lowest BCUT2D eigenvalue weighted by Crippen LogP contribution is -1.98. The molecule has 0 spiro atoms. The minimum Gasteiger partial charge on any atom is -0.362 e. The second kappa shape index (κ2) is 5.52. The lowest BCUT2D eigenvalue weighted by atomic mass is 10.1. The van der Waals surface area contributed by atoms with Gasteiger partial charge in [-0.15, -0.1) is 11.3 Å². The molecule has 1 heterocycles. The van der Waals surface area contributed by atoms with Crippen molar-refractivity contribution in [3.05, 3.63) is 34.2 Å². The minimum atomic E-state index is 0.756. The lowest BCUT2D eigenvalue weighted by Gasteiger charge is -1.99. The molecule has 0 aliphatic carbocycles. The molecule has 0 fully saturated rings. The van der Waals surface area contributed by atoms with E-state index in [1.807, 2.05) is 24.3 Å². The Balaban J connectivity index is 2.26. The van der Waals surface area contributed by atoms with Gasteiger partial charge in [-0.05, 0) is 25.5 Å². The van der Waals surface area contributed by atoms with Crippen molar-refractivity contribution in [2.45, 2.75) is 20.3 Å². The van der Waals surface area contributed by atoms with Crippen LogP contribution in [0.1, 0.15) is 18.2 Å². The number of hydrogen-bond donors (Lipinski definition) is 1. The number of nitrogens with zero attached hydrogens (tertiary/aromatic N) is 1. The van der Waals surface area contributed by atoms with Gasteiger partial charge in [-0.2, -0.15) is 0 Å². The third kappa shape index (κ3) is 2.99. The maximum atomic E-state index is 5.88. The molecule has 17 heavy (non-hydrogen) atoms. The zero-order valence-electron chi connectivity index (χ0n) is 9.96. The summed E-state index contributed by atoms with van der Waals surface area (Å²) in [7, 11) is 0. The summed E-state index contributed by atoms with van der Waals surface area (Å²) in [4.78, 5) is 5.84. The smallest absolute Gasteiger partial charge is 0.183 e. The Morgan fingerprint density at radius 1 is 1.29 bits per heavy atom. The predicted molar refractivity (Wildman–Crippen MR) is 76.1 cm³/mol. The molecule has 2 rings (SSSR count). The summed E-state index contributed by atoms with van der Waals surface area (Å²) in [5.41, 5.74) is 2.16. The van der Waals surface area contributed by atoms with E-state index in [9.17, 15) is 0 Å². The van der Waals surface area contributed by atoms with Crippen molar-refractivity contribution >= 4 is 28.1 Å². The Bertz CT molecular complexity index is 491. The van der Waals surface area contributed by atoms with Gasteiger partial charge >= 0.3 is 0 Å². The second-order valence-corrected chi connectivity index (χ2v) is 5.50. The third-order valence-corrected chi connectivity index (χ3v) is 3.62. The highest BCUT2D eigenvalue weighted by atomic mass is 35.5. The van der Waals surface area contributed by atoms with E-state index in [4.69, 9.17) is 11.6 Å². The highest BCUT2D eigenvalue weighted by Crippen LogP contribution is 2.30. The number of nitrogens with one attached hydrogen (secondary N) is 1. The van der Waals surface area contributed by atoms with E-state index in [2.05, 4.69) is 24.1 Å². The highest BCUT2D eigenvalue weighted by molar-refractivity contribution is 7.16. The molecule has 0 atom stereocenters. The van der Waals surface area contributed by atoms with Crippen molar-refractivity contribution in [1.29, 1.82) is 0 Å². The Kier molecular flexibility index (Phi) is 4.02. The Morgan fingerprint density at radius 3 is 2.65 bits per heavy atom. The first kappa shape index (κ1) is 12.4. The first-order chi connectivity index (χ1) is 8.20. The fraction of sp³-hybridized carbons (Fsp3) is 0.308. The average Bonchev–Trinajstić information content (AvgIpc) is 2.69. The molecule has 0 radical (unpaired) electrons. The molecule has 1 N–H and O–H groups in total. The van der Waals surface area contributed by atoms with Gasteiger partial charge in [0.25, 0.3) is 0 Å². The van der Waals surface area contributed by atoms with Crippen LogP contribution >= 0.6 is 22.9 Å². The molecule has 0 bridgehead atoms. The van der Waals surface area contributed by atoms with Crippen LogP contribution in [0.5, 0.6) is 0 Å². The van der Waals surface area contributed by atoms with Crippen LogP contribution in [0.15, 0.2) is 24.3 Å². The molecular weight excluding hydrogens is 252 g/mol. The normalized spacial score (nSPS) is 10.5. The monoisotopic (exact) mass is 266 g/mol. The van der Waals surface area contributed by atoms with Crippen LogP contribution in [0.3, 0.4) is 0 Å². The molecule has 0 unspecified atom stereocenters. The first-order valence-corrected chi connectivity index (χ1v) is 6.87. The largest absolute Gasteiger partial charge is 0.362 e. The SMILES string of the molecule is CCCNc1nc(-c2ccc(Cl)cc2)c(C)s1. The van der Waals surface area contributed by atoms with E-state index in [0.717, 1.165) is 34.4 Å². The standard InChI is InChI=1S/C13H15ClN2S/c1-3-8-15-13-16-12(9(2)17-13)10-4-6-11(14)7-5-10/h4-7H,3,8H2,1-2H3,(H,15,16). The van der Waals surface area contributed by atoms with Crippen LogP contribution in [-0.4, -0.2) is 11.5 Å². The van der Waals surface area contributed by atoms with Crippen LogP contribution in [0.2, 0.25) is 5.02 Å². The lowest BCUT2D eigenvalue weighted by molar-refractivity contribution is 0.976. The van der Waals surface area contributed by atoms with Gasteiger partial charge in [-0.25, -0.2) is 4.98 Å². The molecule has 4 heteroatoms. The number of hydrogen-bond acceptors (Lipinski definition) is 3. The molecule has 2 aromatic rings. The minimum absolute atomic E-state index is 0.756. The summed E-state index contributed by atoms with van der Waals surface area (Å²) in [6, 6.07) is 7.81. The van der Waals surface area contributed by atoms with E-state index in [0.29, 0.717) is 0 Å².